The maximum absolute atomic E-state index is 11.6. The Morgan fingerprint density at radius 2 is 1.84 bits per heavy atom. The number of carboxylic acids is 1. The number of aryl methyl sites for hydroxylation is 1. The van der Waals surface area contributed by atoms with E-state index in [1.165, 1.54) is 6.07 Å². The molecule has 0 heterocycles. The molecule has 0 unspecified atom stereocenters. The zero-order chi connectivity index (χ0) is 19.2. The number of phenols is 1. The number of hydrogen-bond acceptors (Lipinski definition) is 3. The molecule has 5 heteroatoms. The number of benzene rings is 2. The topological polar surface area (TPSA) is 66.8 Å². The van der Waals surface area contributed by atoms with Crippen molar-refractivity contribution in [3.8, 4) is 11.5 Å². The van der Waals surface area contributed by atoms with Crippen molar-refractivity contribution in [1.29, 1.82) is 0 Å². The van der Waals surface area contributed by atoms with Gasteiger partial charge < -0.3 is 14.6 Å². The van der Waals surface area contributed by atoms with Gasteiger partial charge in [0, 0.05) is 10.8 Å². The van der Waals surface area contributed by atoms with Gasteiger partial charge in [0.1, 0.15) is 17.1 Å². The van der Waals surface area contributed by atoms with E-state index < -0.39 is 14.3 Å². The third kappa shape index (κ3) is 3.25. The summed E-state index contributed by atoms with van der Waals surface area (Å²) in [7, 11) is -2.22. The lowest BCUT2D eigenvalue weighted by atomic mass is 9.99. The maximum atomic E-state index is 11.6. The van der Waals surface area contributed by atoms with E-state index in [0.717, 1.165) is 10.9 Å². The van der Waals surface area contributed by atoms with E-state index in [-0.39, 0.29) is 16.4 Å². The Balaban J connectivity index is 2.73. The minimum absolute atomic E-state index is 0.0106. The summed E-state index contributed by atoms with van der Waals surface area (Å²) in [4.78, 5) is 11.6. The van der Waals surface area contributed by atoms with Crippen LogP contribution in [0.5, 0.6) is 11.5 Å². The maximum Gasteiger partial charge on any atom is 0.339 e. The van der Waals surface area contributed by atoms with Gasteiger partial charge in [-0.15, -0.1) is 0 Å². The van der Waals surface area contributed by atoms with Gasteiger partial charge in [-0.1, -0.05) is 45.9 Å². The first-order valence-corrected chi connectivity index (χ1v) is 11.5. The molecule has 0 amide bonds. The van der Waals surface area contributed by atoms with Crippen LogP contribution in [0.25, 0.3) is 10.8 Å². The van der Waals surface area contributed by atoms with E-state index in [0.29, 0.717) is 17.1 Å². The molecule has 0 radical (unpaired) electrons. The summed E-state index contributed by atoms with van der Waals surface area (Å²) in [6, 6.07) is 6.96. The molecule has 2 aromatic rings. The first-order valence-electron chi connectivity index (χ1n) is 8.57. The molecule has 0 saturated carbocycles. The molecule has 0 fully saturated rings. The fourth-order valence-electron chi connectivity index (χ4n) is 2.95. The lowest BCUT2D eigenvalue weighted by Gasteiger charge is -2.42. The van der Waals surface area contributed by atoms with Crippen LogP contribution in [0, 0.1) is 12.8 Å². The second-order valence-electron chi connectivity index (χ2n) is 8.06. The lowest BCUT2D eigenvalue weighted by molar-refractivity contribution is 0.0693. The molecule has 2 aromatic carbocycles. The Bertz CT molecular complexity index is 822. The molecule has 0 bridgehead atoms. The molecular formula is C20H28O4Si. The Morgan fingerprint density at radius 1 is 1.24 bits per heavy atom. The SMILES string of the molecule is Cc1cccc2c(O)c(C(=O)O)cc(O[Si](C)(C)C(C)(C)C(C)C)c12. The van der Waals surface area contributed by atoms with Crippen molar-refractivity contribution >= 4 is 25.1 Å². The second kappa shape index (κ2) is 6.37. The highest BCUT2D eigenvalue weighted by molar-refractivity contribution is 6.75. The smallest absolute Gasteiger partial charge is 0.339 e. The summed E-state index contributed by atoms with van der Waals surface area (Å²) in [5.74, 6) is -0.388. The van der Waals surface area contributed by atoms with Gasteiger partial charge in [0.2, 0.25) is 0 Å². The van der Waals surface area contributed by atoms with E-state index >= 15 is 0 Å². The van der Waals surface area contributed by atoms with Gasteiger partial charge >= 0.3 is 5.97 Å². The molecule has 0 aliphatic carbocycles. The molecule has 0 spiro atoms. The van der Waals surface area contributed by atoms with Crippen molar-refractivity contribution in [2.45, 2.75) is 52.8 Å². The predicted octanol–water partition coefficient (Wildman–Crippen LogP) is 5.57. The van der Waals surface area contributed by atoms with E-state index in [1.807, 2.05) is 19.1 Å². The molecule has 2 rings (SSSR count). The molecule has 0 aliphatic rings. The van der Waals surface area contributed by atoms with E-state index in [4.69, 9.17) is 4.43 Å². The molecule has 0 aromatic heterocycles. The number of fused-ring (bicyclic) bond motifs is 1. The normalized spacial score (nSPS) is 12.6. The number of carboxylic acid groups (broad SMARTS) is 1. The first-order chi connectivity index (χ1) is 11.4. The van der Waals surface area contributed by atoms with Crippen LogP contribution in [0.1, 0.15) is 43.6 Å². The molecule has 0 atom stereocenters. The summed E-state index contributed by atoms with van der Waals surface area (Å²) in [6.45, 7) is 15.0. The fraction of sp³-hybridized carbons (Fsp3) is 0.450. The van der Waals surface area contributed by atoms with Crippen molar-refractivity contribution < 1.29 is 19.4 Å². The van der Waals surface area contributed by atoms with Crippen molar-refractivity contribution in [3.63, 3.8) is 0 Å². The highest BCUT2D eigenvalue weighted by Crippen LogP contribution is 2.47. The van der Waals surface area contributed by atoms with Crippen LogP contribution in [0.15, 0.2) is 24.3 Å². The molecule has 4 nitrogen and oxygen atoms in total. The standard InChI is InChI=1S/C20H28O4Si/c1-12(2)20(4,5)25(6,7)24-16-11-15(19(22)23)18(21)14-10-8-9-13(3)17(14)16/h8-12,21H,1-7H3,(H,22,23). The van der Waals surface area contributed by atoms with Crippen LogP contribution in [-0.2, 0) is 0 Å². The van der Waals surface area contributed by atoms with Crippen molar-refractivity contribution in [3.05, 3.63) is 35.4 Å². The van der Waals surface area contributed by atoms with Crippen LogP contribution in [-0.4, -0.2) is 24.5 Å². The molecule has 136 valence electrons. The van der Waals surface area contributed by atoms with Gasteiger partial charge in [-0.3, -0.25) is 0 Å². The number of aromatic hydroxyl groups is 1. The Hall–Kier alpha value is -2.01. The number of hydrogen-bond donors (Lipinski definition) is 2. The minimum Gasteiger partial charge on any atom is -0.543 e. The molecular weight excluding hydrogens is 332 g/mol. The molecule has 25 heavy (non-hydrogen) atoms. The van der Waals surface area contributed by atoms with Crippen molar-refractivity contribution in [1.82, 2.24) is 0 Å². The van der Waals surface area contributed by atoms with Gasteiger partial charge in [0.15, 0.2) is 0 Å². The number of carbonyl (C=O) groups is 1. The number of aromatic carboxylic acids is 1. The summed E-state index contributed by atoms with van der Waals surface area (Å²) >= 11 is 0. The van der Waals surface area contributed by atoms with Gasteiger partial charge in [-0.25, -0.2) is 4.79 Å². The fourth-order valence-corrected chi connectivity index (χ4v) is 5.32. The average molecular weight is 361 g/mol. The highest BCUT2D eigenvalue weighted by atomic mass is 28.4. The van der Waals surface area contributed by atoms with Crippen molar-refractivity contribution in [2.24, 2.45) is 5.92 Å². The Kier molecular flexibility index (Phi) is 4.92. The van der Waals surface area contributed by atoms with E-state index in [1.54, 1.807) is 6.07 Å². The van der Waals surface area contributed by atoms with Gasteiger partial charge in [-0.05, 0) is 42.6 Å². The van der Waals surface area contributed by atoms with Crippen LogP contribution in [0.2, 0.25) is 18.1 Å². The first kappa shape index (κ1) is 19.3. The van der Waals surface area contributed by atoms with Gasteiger partial charge in [-0.2, -0.15) is 0 Å². The zero-order valence-electron chi connectivity index (χ0n) is 16.1. The van der Waals surface area contributed by atoms with Crippen LogP contribution >= 0.6 is 0 Å². The summed E-state index contributed by atoms with van der Waals surface area (Å²) in [5.41, 5.74) is 0.826. The lowest BCUT2D eigenvalue weighted by Crippen LogP contribution is -2.48. The van der Waals surface area contributed by atoms with E-state index in [2.05, 4.69) is 40.8 Å². The van der Waals surface area contributed by atoms with Crippen LogP contribution in [0.3, 0.4) is 0 Å². The third-order valence-corrected chi connectivity index (χ3v) is 10.3. The second-order valence-corrected chi connectivity index (χ2v) is 12.6. The van der Waals surface area contributed by atoms with Gasteiger partial charge in [0.05, 0.1) is 0 Å². The van der Waals surface area contributed by atoms with Crippen LogP contribution < -0.4 is 4.43 Å². The Morgan fingerprint density at radius 3 is 2.36 bits per heavy atom. The quantitative estimate of drug-likeness (QED) is 0.684. The highest BCUT2D eigenvalue weighted by Gasteiger charge is 2.45. The number of rotatable bonds is 5. The minimum atomic E-state index is -2.22. The monoisotopic (exact) mass is 360 g/mol. The summed E-state index contributed by atoms with van der Waals surface area (Å²) in [6.07, 6.45) is 0. The summed E-state index contributed by atoms with van der Waals surface area (Å²) in [5, 5.41) is 21.1. The average Bonchev–Trinajstić information content (AvgIpc) is 2.49. The predicted molar refractivity (Wildman–Crippen MR) is 104 cm³/mol. The van der Waals surface area contributed by atoms with Gasteiger partial charge in [0.25, 0.3) is 8.32 Å². The molecule has 0 aliphatic heterocycles. The zero-order valence-corrected chi connectivity index (χ0v) is 17.1. The van der Waals surface area contributed by atoms with Crippen molar-refractivity contribution in [2.75, 3.05) is 0 Å². The third-order valence-electron chi connectivity index (χ3n) is 5.90. The van der Waals surface area contributed by atoms with Crippen LogP contribution in [0.4, 0.5) is 0 Å². The largest absolute Gasteiger partial charge is 0.543 e. The Labute approximate surface area is 150 Å². The molecule has 2 N–H and O–H groups in total. The van der Waals surface area contributed by atoms with E-state index in [9.17, 15) is 15.0 Å². The summed E-state index contributed by atoms with van der Waals surface area (Å²) < 4.78 is 6.53. The molecule has 0 saturated heterocycles.